The first-order valence-electron chi connectivity index (χ1n) is 9.10. The monoisotopic (exact) mass is 315 g/mol. The molecule has 23 heavy (non-hydrogen) atoms. The molecule has 1 amide bonds. The van der Waals surface area contributed by atoms with E-state index in [-0.39, 0.29) is 17.5 Å². The smallest absolute Gasteiger partial charge is 0.240 e. The molecule has 1 saturated heterocycles. The molecule has 0 bridgehead atoms. The standard InChI is InChI=1S/C19H29N3O/c1-15-8-9-17(14-20-15)16(2)21-18(23)19(10-4-3-5-11-19)22-12-6-7-13-22/h8-9,14,16H,3-7,10-13H2,1-2H3,(H,21,23)/t16-/m0/s1. The molecule has 0 unspecified atom stereocenters. The number of rotatable bonds is 4. The number of hydrogen-bond acceptors (Lipinski definition) is 3. The molecule has 2 fully saturated rings. The van der Waals surface area contributed by atoms with Crippen molar-refractivity contribution in [1.29, 1.82) is 0 Å². The van der Waals surface area contributed by atoms with Crippen LogP contribution in [0, 0.1) is 6.92 Å². The van der Waals surface area contributed by atoms with Crippen molar-refractivity contribution in [3.05, 3.63) is 29.6 Å². The molecule has 1 aliphatic carbocycles. The number of carbonyl (C=O) groups is 1. The molecule has 2 heterocycles. The molecule has 1 atom stereocenters. The van der Waals surface area contributed by atoms with Crippen LogP contribution in [-0.4, -0.2) is 34.4 Å². The third kappa shape index (κ3) is 3.42. The average molecular weight is 315 g/mol. The van der Waals surface area contributed by atoms with Crippen molar-refractivity contribution in [2.45, 2.75) is 70.4 Å². The molecule has 4 heteroatoms. The zero-order chi connectivity index (χ0) is 16.3. The third-order valence-electron chi connectivity index (χ3n) is 5.60. The maximum atomic E-state index is 13.2. The Labute approximate surface area is 139 Å². The van der Waals surface area contributed by atoms with Gasteiger partial charge in [-0.05, 0) is 64.3 Å². The fraction of sp³-hybridized carbons (Fsp3) is 0.684. The number of nitrogens with one attached hydrogen (secondary N) is 1. The summed E-state index contributed by atoms with van der Waals surface area (Å²) in [4.78, 5) is 20.0. The molecule has 1 N–H and O–H groups in total. The first kappa shape index (κ1) is 16.4. The first-order valence-corrected chi connectivity index (χ1v) is 9.10. The van der Waals surface area contributed by atoms with Gasteiger partial charge in [0, 0.05) is 11.9 Å². The van der Waals surface area contributed by atoms with Crippen molar-refractivity contribution in [1.82, 2.24) is 15.2 Å². The number of amides is 1. The summed E-state index contributed by atoms with van der Waals surface area (Å²) in [6.07, 6.45) is 9.97. The molecule has 1 saturated carbocycles. The molecule has 2 aliphatic rings. The zero-order valence-corrected chi connectivity index (χ0v) is 14.5. The van der Waals surface area contributed by atoms with Gasteiger partial charge in [0.25, 0.3) is 0 Å². The number of pyridine rings is 1. The lowest BCUT2D eigenvalue weighted by Gasteiger charge is -2.43. The van der Waals surface area contributed by atoms with Crippen LogP contribution in [0.15, 0.2) is 18.3 Å². The van der Waals surface area contributed by atoms with Crippen molar-refractivity contribution in [2.24, 2.45) is 0 Å². The van der Waals surface area contributed by atoms with Crippen molar-refractivity contribution < 1.29 is 4.79 Å². The van der Waals surface area contributed by atoms with Crippen LogP contribution in [0.4, 0.5) is 0 Å². The molecular weight excluding hydrogens is 286 g/mol. The Hall–Kier alpha value is -1.42. The van der Waals surface area contributed by atoms with Gasteiger partial charge in [0.15, 0.2) is 0 Å². The lowest BCUT2D eigenvalue weighted by molar-refractivity contribution is -0.136. The molecule has 1 aliphatic heterocycles. The Morgan fingerprint density at radius 1 is 1.17 bits per heavy atom. The van der Waals surface area contributed by atoms with Crippen LogP contribution in [0.25, 0.3) is 0 Å². The summed E-state index contributed by atoms with van der Waals surface area (Å²) < 4.78 is 0. The number of hydrogen-bond donors (Lipinski definition) is 1. The van der Waals surface area contributed by atoms with Gasteiger partial charge in [-0.15, -0.1) is 0 Å². The van der Waals surface area contributed by atoms with Gasteiger partial charge in [-0.3, -0.25) is 14.7 Å². The van der Waals surface area contributed by atoms with E-state index in [1.165, 1.54) is 32.1 Å². The molecule has 1 aromatic heterocycles. The minimum Gasteiger partial charge on any atom is -0.348 e. The number of aromatic nitrogens is 1. The van der Waals surface area contributed by atoms with Gasteiger partial charge in [-0.2, -0.15) is 0 Å². The quantitative estimate of drug-likeness (QED) is 0.926. The average Bonchev–Trinajstić information content (AvgIpc) is 3.11. The molecular formula is C19H29N3O. The van der Waals surface area contributed by atoms with E-state index >= 15 is 0 Å². The molecule has 126 valence electrons. The lowest BCUT2D eigenvalue weighted by atomic mass is 9.79. The molecule has 4 nitrogen and oxygen atoms in total. The van der Waals surface area contributed by atoms with E-state index in [1.807, 2.05) is 19.2 Å². The van der Waals surface area contributed by atoms with E-state index in [0.29, 0.717) is 0 Å². The molecule has 0 spiro atoms. The summed E-state index contributed by atoms with van der Waals surface area (Å²) in [6, 6.07) is 4.09. The Morgan fingerprint density at radius 3 is 2.48 bits per heavy atom. The largest absolute Gasteiger partial charge is 0.348 e. The van der Waals surface area contributed by atoms with Crippen LogP contribution in [0.5, 0.6) is 0 Å². The highest BCUT2D eigenvalue weighted by molar-refractivity contribution is 5.86. The fourth-order valence-electron chi connectivity index (χ4n) is 4.12. The topological polar surface area (TPSA) is 45.2 Å². The maximum absolute atomic E-state index is 13.2. The summed E-state index contributed by atoms with van der Waals surface area (Å²) in [5, 5.41) is 3.28. The van der Waals surface area contributed by atoms with E-state index in [2.05, 4.69) is 28.2 Å². The first-order chi connectivity index (χ1) is 11.1. The lowest BCUT2D eigenvalue weighted by Crippen LogP contribution is -2.59. The summed E-state index contributed by atoms with van der Waals surface area (Å²) in [6.45, 7) is 6.20. The highest BCUT2D eigenvalue weighted by atomic mass is 16.2. The Balaban J connectivity index is 1.74. The number of carbonyl (C=O) groups excluding carboxylic acids is 1. The summed E-state index contributed by atoms with van der Waals surface area (Å²) in [5.41, 5.74) is 1.82. The molecule has 1 aromatic rings. The highest BCUT2D eigenvalue weighted by Crippen LogP contribution is 2.36. The molecule has 0 aromatic carbocycles. The predicted molar refractivity (Wildman–Crippen MR) is 92.2 cm³/mol. The van der Waals surface area contributed by atoms with E-state index in [0.717, 1.165) is 37.2 Å². The van der Waals surface area contributed by atoms with Crippen LogP contribution in [-0.2, 0) is 4.79 Å². The van der Waals surface area contributed by atoms with Crippen molar-refractivity contribution in [3.8, 4) is 0 Å². The normalized spacial score (nSPS) is 22.7. The SMILES string of the molecule is Cc1ccc([C@H](C)NC(=O)C2(N3CCCC3)CCCCC2)cn1. The summed E-state index contributed by atoms with van der Waals surface area (Å²) in [7, 11) is 0. The van der Waals surface area contributed by atoms with Crippen molar-refractivity contribution in [2.75, 3.05) is 13.1 Å². The Bertz CT molecular complexity index is 528. The van der Waals surface area contributed by atoms with Crippen LogP contribution in [0.3, 0.4) is 0 Å². The Kier molecular flexibility index (Phi) is 5.00. The van der Waals surface area contributed by atoms with Gasteiger partial charge in [0.1, 0.15) is 5.54 Å². The van der Waals surface area contributed by atoms with E-state index < -0.39 is 0 Å². The molecule has 0 radical (unpaired) electrons. The number of aryl methyl sites for hydroxylation is 1. The maximum Gasteiger partial charge on any atom is 0.240 e. The fourth-order valence-corrected chi connectivity index (χ4v) is 4.12. The van der Waals surface area contributed by atoms with Crippen LogP contribution in [0.2, 0.25) is 0 Å². The second-order valence-electron chi connectivity index (χ2n) is 7.21. The number of likely N-dealkylation sites (tertiary alicyclic amines) is 1. The van der Waals surface area contributed by atoms with Crippen molar-refractivity contribution >= 4 is 5.91 Å². The van der Waals surface area contributed by atoms with Gasteiger partial charge in [-0.25, -0.2) is 0 Å². The van der Waals surface area contributed by atoms with Crippen LogP contribution in [0.1, 0.15) is 69.2 Å². The van der Waals surface area contributed by atoms with Crippen LogP contribution < -0.4 is 5.32 Å². The summed E-state index contributed by atoms with van der Waals surface area (Å²) in [5.74, 6) is 0.229. The Morgan fingerprint density at radius 2 is 1.87 bits per heavy atom. The third-order valence-corrected chi connectivity index (χ3v) is 5.60. The van der Waals surface area contributed by atoms with Gasteiger partial charge in [-0.1, -0.05) is 25.3 Å². The minimum absolute atomic E-state index is 0.0111. The predicted octanol–water partition coefficient (Wildman–Crippen LogP) is 3.37. The van der Waals surface area contributed by atoms with Gasteiger partial charge in [0.2, 0.25) is 5.91 Å². The van der Waals surface area contributed by atoms with E-state index in [9.17, 15) is 4.79 Å². The van der Waals surface area contributed by atoms with E-state index in [1.54, 1.807) is 0 Å². The summed E-state index contributed by atoms with van der Waals surface area (Å²) >= 11 is 0. The van der Waals surface area contributed by atoms with Crippen molar-refractivity contribution in [3.63, 3.8) is 0 Å². The minimum atomic E-state index is -0.263. The second kappa shape index (κ2) is 7.00. The molecule has 3 rings (SSSR count). The zero-order valence-electron chi connectivity index (χ0n) is 14.5. The van der Waals surface area contributed by atoms with Gasteiger partial charge in [0.05, 0.1) is 6.04 Å². The van der Waals surface area contributed by atoms with Gasteiger partial charge >= 0.3 is 0 Å². The van der Waals surface area contributed by atoms with E-state index in [4.69, 9.17) is 0 Å². The van der Waals surface area contributed by atoms with Crippen LogP contribution >= 0.6 is 0 Å². The second-order valence-corrected chi connectivity index (χ2v) is 7.21. The van der Waals surface area contributed by atoms with Gasteiger partial charge < -0.3 is 5.32 Å². The number of nitrogens with zero attached hydrogens (tertiary/aromatic N) is 2. The highest BCUT2D eigenvalue weighted by Gasteiger charge is 2.45.